The van der Waals surface area contributed by atoms with Gasteiger partial charge in [0.05, 0.1) is 31.0 Å². The first-order valence-corrected chi connectivity index (χ1v) is 11.2. The molecule has 0 aliphatic carbocycles. The molecular formula is C25H24FN5O4. The van der Waals surface area contributed by atoms with Crippen LogP contribution in [0.2, 0.25) is 0 Å². The van der Waals surface area contributed by atoms with Gasteiger partial charge in [0.15, 0.2) is 5.78 Å². The molecule has 0 saturated carbocycles. The third kappa shape index (κ3) is 5.13. The van der Waals surface area contributed by atoms with Gasteiger partial charge in [-0.15, -0.1) is 0 Å². The Balaban J connectivity index is 1.18. The van der Waals surface area contributed by atoms with Crippen LogP contribution in [-0.4, -0.2) is 59.3 Å². The number of hydrogen-bond donors (Lipinski definition) is 3. The number of aromatic nitrogens is 2. The number of nitrogens with zero attached hydrogens (tertiary/aromatic N) is 2. The van der Waals surface area contributed by atoms with E-state index in [4.69, 9.17) is 9.47 Å². The van der Waals surface area contributed by atoms with Gasteiger partial charge in [0.2, 0.25) is 5.95 Å². The third-order valence-electron chi connectivity index (χ3n) is 6.01. The molecule has 9 nitrogen and oxygen atoms in total. The number of ketones is 1. The summed E-state index contributed by atoms with van der Waals surface area (Å²) in [6.45, 7) is 2.15. The minimum absolute atomic E-state index is 0.0391. The van der Waals surface area contributed by atoms with E-state index in [0.29, 0.717) is 41.7 Å². The maximum absolute atomic E-state index is 13.6. The van der Waals surface area contributed by atoms with Gasteiger partial charge in [-0.1, -0.05) is 12.1 Å². The summed E-state index contributed by atoms with van der Waals surface area (Å²) >= 11 is 0. The zero-order valence-corrected chi connectivity index (χ0v) is 18.9. The first kappa shape index (κ1) is 22.9. The van der Waals surface area contributed by atoms with E-state index in [-0.39, 0.29) is 41.9 Å². The van der Waals surface area contributed by atoms with E-state index in [1.807, 2.05) is 0 Å². The molecule has 2 fully saturated rings. The zero-order chi connectivity index (χ0) is 24.4. The molecule has 5 rings (SSSR count). The van der Waals surface area contributed by atoms with Crippen molar-refractivity contribution in [1.82, 2.24) is 15.3 Å². The highest BCUT2D eigenvalue weighted by molar-refractivity contribution is 5.95. The monoisotopic (exact) mass is 477 g/mol. The summed E-state index contributed by atoms with van der Waals surface area (Å²) in [5, 5.41) is 8.90. The summed E-state index contributed by atoms with van der Waals surface area (Å²) in [6.07, 6.45) is 0.983. The van der Waals surface area contributed by atoms with Gasteiger partial charge in [0, 0.05) is 23.0 Å². The second-order valence-electron chi connectivity index (χ2n) is 8.46. The van der Waals surface area contributed by atoms with Gasteiger partial charge in [-0.3, -0.25) is 4.79 Å². The number of Topliss-reactive ketones (excluding diaryl/α,β-unsaturated/α-hetero) is 1. The van der Waals surface area contributed by atoms with Crippen molar-refractivity contribution < 1.29 is 23.5 Å². The average molecular weight is 477 g/mol. The Morgan fingerprint density at radius 1 is 1.00 bits per heavy atom. The second-order valence-corrected chi connectivity index (χ2v) is 8.46. The summed E-state index contributed by atoms with van der Waals surface area (Å²) in [5.74, 6) is 0.00761. The highest BCUT2D eigenvalue weighted by Gasteiger charge is 2.48. The van der Waals surface area contributed by atoms with Gasteiger partial charge < -0.3 is 25.4 Å². The van der Waals surface area contributed by atoms with Crippen molar-refractivity contribution in [2.45, 2.75) is 31.2 Å². The van der Waals surface area contributed by atoms with E-state index < -0.39 is 0 Å². The number of rotatable bonds is 6. The molecule has 4 atom stereocenters. The zero-order valence-electron chi connectivity index (χ0n) is 18.9. The Bertz CT molecular complexity index is 1240. The predicted octanol–water partition coefficient (Wildman–Crippen LogP) is 3.25. The normalized spacial score (nSPS) is 22.9. The Kier molecular flexibility index (Phi) is 6.39. The molecule has 0 unspecified atom stereocenters. The van der Waals surface area contributed by atoms with Crippen LogP contribution in [0.15, 0.2) is 60.8 Å². The molecule has 35 heavy (non-hydrogen) atoms. The number of halogens is 1. The van der Waals surface area contributed by atoms with Gasteiger partial charge in [0.1, 0.15) is 18.0 Å². The number of carbonyl (C=O) groups excluding carboxylic acids is 2. The molecular weight excluding hydrogens is 453 g/mol. The van der Waals surface area contributed by atoms with Gasteiger partial charge in [-0.2, -0.15) is 0 Å². The number of hydrogen-bond acceptors (Lipinski definition) is 7. The van der Waals surface area contributed by atoms with E-state index in [2.05, 4.69) is 25.9 Å². The van der Waals surface area contributed by atoms with Gasteiger partial charge in [0.25, 0.3) is 0 Å². The molecule has 2 aliphatic heterocycles. The third-order valence-corrected chi connectivity index (χ3v) is 6.01. The van der Waals surface area contributed by atoms with E-state index in [0.717, 1.165) is 0 Å². The minimum Gasteiger partial charge on any atom is -0.371 e. The molecule has 2 aliphatic rings. The quantitative estimate of drug-likeness (QED) is 0.467. The van der Waals surface area contributed by atoms with Crippen molar-refractivity contribution in [3.63, 3.8) is 0 Å². The number of anilines is 2. The molecule has 3 aromatic rings. The minimum atomic E-state index is -0.388. The lowest BCUT2D eigenvalue weighted by Crippen LogP contribution is -2.46. The Morgan fingerprint density at radius 2 is 1.74 bits per heavy atom. The fraction of sp³-hybridized carbons (Fsp3) is 0.280. The Morgan fingerprint density at radius 3 is 2.49 bits per heavy atom. The van der Waals surface area contributed by atoms with Crippen molar-refractivity contribution in [3.05, 3.63) is 72.2 Å². The predicted molar refractivity (Wildman–Crippen MR) is 127 cm³/mol. The first-order chi connectivity index (χ1) is 17.0. The molecule has 3 heterocycles. The number of fused-ring (bicyclic) bond motifs is 1. The van der Waals surface area contributed by atoms with Crippen LogP contribution in [0.4, 0.5) is 20.8 Å². The highest BCUT2D eigenvalue weighted by Crippen LogP contribution is 2.29. The average Bonchev–Trinajstić information content (AvgIpc) is 3.43. The second kappa shape index (κ2) is 9.77. The lowest BCUT2D eigenvalue weighted by molar-refractivity contribution is 0.0683. The molecule has 1 aromatic heterocycles. The van der Waals surface area contributed by atoms with Gasteiger partial charge in [-0.05, 0) is 49.4 Å². The van der Waals surface area contributed by atoms with Crippen LogP contribution in [0.1, 0.15) is 17.3 Å². The number of ether oxygens (including phenoxy) is 2. The molecule has 10 heteroatoms. The number of amides is 2. The maximum atomic E-state index is 13.6. The van der Waals surface area contributed by atoms with Crippen LogP contribution < -0.4 is 16.0 Å². The molecule has 2 saturated heterocycles. The van der Waals surface area contributed by atoms with E-state index in [9.17, 15) is 14.0 Å². The Hall–Kier alpha value is -3.89. The number of carbonyl (C=O) groups is 2. The molecule has 0 spiro atoms. The van der Waals surface area contributed by atoms with Crippen LogP contribution in [0, 0.1) is 5.82 Å². The van der Waals surface area contributed by atoms with Crippen molar-refractivity contribution in [2.75, 3.05) is 23.8 Å². The van der Waals surface area contributed by atoms with E-state index >= 15 is 0 Å². The summed E-state index contributed by atoms with van der Waals surface area (Å²) in [4.78, 5) is 32.6. The van der Waals surface area contributed by atoms with Crippen molar-refractivity contribution in [3.8, 4) is 11.3 Å². The summed E-state index contributed by atoms with van der Waals surface area (Å²) in [7, 11) is 0. The molecule has 2 amide bonds. The van der Waals surface area contributed by atoms with Gasteiger partial charge >= 0.3 is 6.03 Å². The lowest BCUT2D eigenvalue weighted by Gasteiger charge is -2.19. The molecule has 3 N–H and O–H groups in total. The standard InChI is InChI=1S/C25H24FN5O4/c1-14(32)15-5-7-18(8-6-15)28-25(33)31-21-13-35-22-20(12-34-23(21)22)30-24-27-10-9-19(29-24)16-3-2-4-17(26)11-16/h2-11,20-23H,12-13H2,1H3,(H,27,29,30)(H2,28,31,33)/t20-,21+,22-,23+/m0/s1. The van der Waals surface area contributed by atoms with Crippen molar-refractivity contribution in [1.29, 1.82) is 0 Å². The number of benzene rings is 2. The van der Waals surface area contributed by atoms with Crippen molar-refractivity contribution in [2.24, 2.45) is 0 Å². The molecule has 0 radical (unpaired) electrons. The smallest absolute Gasteiger partial charge is 0.319 e. The molecule has 0 bridgehead atoms. The van der Waals surface area contributed by atoms with E-state index in [1.54, 1.807) is 48.7 Å². The van der Waals surface area contributed by atoms with Crippen LogP contribution in [0.5, 0.6) is 0 Å². The SMILES string of the molecule is CC(=O)c1ccc(NC(=O)N[C@@H]2CO[C@@H]3[C@@H]2OC[C@@H]3Nc2nccc(-c3cccc(F)c3)n2)cc1. The fourth-order valence-corrected chi connectivity index (χ4v) is 4.27. The molecule has 2 aromatic carbocycles. The summed E-state index contributed by atoms with van der Waals surface area (Å²) in [6, 6.07) is 13.7. The fourth-order valence-electron chi connectivity index (χ4n) is 4.27. The largest absolute Gasteiger partial charge is 0.371 e. The van der Waals surface area contributed by atoms with E-state index in [1.165, 1.54) is 19.1 Å². The Labute approximate surface area is 201 Å². The summed E-state index contributed by atoms with van der Waals surface area (Å²) in [5.41, 5.74) is 2.40. The maximum Gasteiger partial charge on any atom is 0.319 e. The van der Waals surface area contributed by atoms with Crippen LogP contribution >= 0.6 is 0 Å². The van der Waals surface area contributed by atoms with Crippen molar-refractivity contribution >= 4 is 23.5 Å². The summed E-state index contributed by atoms with van der Waals surface area (Å²) < 4.78 is 25.4. The lowest BCUT2D eigenvalue weighted by atomic mass is 10.1. The first-order valence-electron chi connectivity index (χ1n) is 11.2. The number of urea groups is 1. The van der Waals surface area contributed by atoms with Crippen LogP contribution in [-0.2, 0) is 9.47 Å². The number of nitrogens with one attached hydrogen (secondary N) is 3. The van der Waals surface area contributed by atoms with Crippen LogP contribution in [0.3, 0.4) is 0 Å². The highest BCUT2D eigenvalue weighted by atomic mass is 19.1. The topological polar surface area (TPSA) is 114 Å². The van der Waals surface area contributed by atoms with Crippen LogP contribution in [0.25, 0.3) is 11.3 Å². The van der Waals surface area contributed by atoms with Gasteiger partial charge in [-0.25, -0.2) is 19.2 Å². The molecule has 180 valence electrons.